The minimum Gasteiger partial charge on any atom is -0.309 e. The highest BCUT2D eigenvalue weighted by molar-refractivity contribution is 7.09. The number of nitrogens with one attached hydrogen (secondary N) is 1. The summed E-state index contributed by atoms with van der Waals surface area (Å²) in [4.78, 5) is 5.61. The molecule has 1 saturated carbocycles. The van der Waals surface area contributed by atoms with Gasteiger partial charge in [-0.3, -0.25) is 0 Å². The molecule has 0 aliphatic heterocycles. The minimum absolute atomic E-state index is 0.784. The zero-order chi connectivity index (χ0) is 8.39. The lowest BCUT2D eigenvalue weighted by Gasteiger charge is -2.26. The van der Waals surface area contributed by atoms with Gasteiger partial charge < -0.3 is 5.32 Å². The van der Waals surface area contributed by atoms with Crippen molar-refractivity contribution in [2.45, 2.75) is 38.8 Å². The quantitative estimate of drug-likeness (QED) is 0.774. The minimum atomic E-state index is 0.784. The maximum Gasteiger partial charge on any atom is 0.0798 e. The topological polar surface area (TPSA) is 24.9 Å². The van der Waals surface area contributed by atoms with Crippen LogP contribution in [0.25, 0.3) is 0 Å². The molecule has 0 unspecified atom stereocenters. The van der Waals surface area contributed by atoms with Crippen LogP contribution in [-0.4, -0.2) is 11.0 Å². The molecule has 0 aromatic carbocycles. The summed E-state index contributed by atoms with van der Waals surface area (Å²) in [6.07, 6.45) is 4.12. The number of hydrogen-bond acceptors (Lipinski definition) is 3. The molecule has 3 heteroatoms. The first-order chi connectivity index (χ1) is 5.86. The van der Waals surface area contributed by atoms with Crippen molar-refractivity contribution in [2.75, 3.05) is 0 Å². The van der Waals surface area contributed by atoms with E-state index in [0.717, 1.165) is 12.6 Å². The van der Waals surface area contributed by atoms with Crippen LogP contribution in [0.1, 0.15) is 29.8 Å². The normalized spacial score (nSPS) is 17.8. The lowest BCUT2D eigenvalue weighted by atomic mass is 9.93. The van der Waals surface area contributed by atoms with Gasteiger partial charge in [0.15, 0.2) is 0 Å². The van der Waals surface area contributed by atoms with E-state index in [9.17, 15) is 0 Å². The monoisotopic (exact) mass is 182 g/mol. The Bertz CT molecular complexity index is 253. The molecule has 2 rings (SSSR count). The molecule has 1 fully saturated rings. The van der Waals surface area contributed by atoms with Crippen molar-refractivity contribution in [2.24, 2.45) is 0 Å². The second-order valence-corrected chi connectivity index (χ2v) is 4.31. The zero-order valence-electron chi connectivity index (χ0n) is 7.34. The second kappa shape index (κ2) is 3.54. The molecule has 0 bridgehead atoms. The van der Waals surface area contributed by atoms with Gasteiger partial charge in [-0.1, -0.05) is 6.42 Å². The van der Waals surface area contributed by atoms with E-state index in [2.05, 4.69) is 17.2 Å². The Morgan fingerprint density at radius 2 is 2.50 bits per heavy atom. The first kappa shape index (κ1) is 8.20. The molecule has 1 N–H and O–H groups in total. The highest BCUT2D eigenvalue weighted by Crippen LogP contribution is 2.19. The fraction of sp³-hybridized carbons (Fsp3) is 0.667. The van der Waals surface area contributed by atoms with E-state index in [1.807, 2.05) is 5.51 Å². The van der Waals surface area contributed by atoms with Crippen molar-refractivity contribution in [3.8, 4) is 0 Å². The third-order valence-corrected chi connectivity index (χ3v) is 3.44. The van der Waals surface area contributed by atoms with Gasteiger partial charge in [0, 0.05) is 17.5 Å². The predicted octanol–water partition coefficient (Wildman–Crippen LogP) is 2.09. The van der Waals surface area contributed by atoms with Crippen LogP contribution >= 0.6 is 11.3 Å². The van der Waals surface area contributed by atoms with Crippen LogP contribution in [0.5, 0.6) is 0 Å². The zero-order valence-corrected chi connectivity index (χ0v) is 8.16. The fourth-order valence-corrected chi connectivity index (χ4v) is 2.07. The summed E-state index contributed by atoms with van der Waals surface area (Å²) < 4.78 is 0. The Morgan fingerprint density at radius 1 is 1.67 bits per heavy atom. The molecule has 1 aromatic rings. The molecule has 12 heavy (non-hydrogen) atoms. The van der Waals surface area contributed by atoms with E-state index in [4.69, 9.17) is 0 Å². The number of nitrogens with zero attached hydrogens (tertiary/aromatic N) is 1. The highest BCUT2D eigenvalue weighted by Gasteiger charge is 2.16. The summed E-state index contributed by atoms with van der Waals surface area (Å²) in [5.41, 5.74) is 3.11. The van der Waals surface area contributed by atoms with E-state index < -0.39 is 0 Å². The van der Waals surface area contributed by atoms with Gasteiger partial charge in [0.1, 0.15) is 0 Å². The molecule has 0 atom stereocenters. The van der Waals surface area contributed by atoms with Crippen LogP contribution in [0.3, 0.4) is 0 Å². The van der Waals surface area contributed by atoms with Crippen molar-refractivity contribution >= 4 is 11.3 Å². The van der Waals surface area contributed by atoms with E-state index in [1.165, 1.54) is 29.8 Å². The Labute approximate surface area is 77.0 Å². The Hall–Kier alpha value is -0.410. The molecule has 66 valence electrons. The average Bonchev–Trinajstić information content (AvgIpc) is 2.33. The molecule has 0 spiro atoms. The van der Waals surface area contributed by atoms with Crippen LogP contribution in [0.15, 0.2) is 5.51 Å². The summed E-state index contributed by atoms with van der Waals surface area (Å²) in [5, 5.41) is 3.53. The van der Waals surface area contributed by atoms with Crippen LogP contribution < -0.4 is 5.32 Å². The number of hydrogen-bond donors (Lipinski definition) is 1. The molecule has 0 saturated heterocycles. The number of aryl methyl sites for hydroxylation is 1. The average molecular weight is 182 g/mol. The smallest absolute Gasteiger partial charge is 0.0798 e. The van der Waals surface area contributed by atoms with Crippen LogP contribution in [0, 0.1) is 6.92 Å². The van der Waals surface area contributed by atoms with Gasteiger partial charge in [-0.15, -0.1) is 11.3 Å². The second-order valence-electron chi connectivity index (χ2n) is 3.37. The maximum absolute atomic E-state index is 4.22. The summed E-state index contributed by atoms with van der Waals surface area (Å²) in [6.45, 7) is 3.09. The predicted molar refractivity (Wildman–Crippen MR) is 51.3 cm³/mol. The number of thiazole rings is 1. The van der Waals surface area contributed by atoms with Crippen molar-refractivity contribution in [1.29, 1.82) is 0 Å². The SMILES string of the molecule is Cc1ncsc1CNC1CCC1. The fourth-order valence-electron chi connectivity index (χ4n) is 1.35. The number of rotatable bonds is 3. The van der Waals surface area contributed by atoms with Crippen LogP contribution in [0.4, 0.5) is 0 Å². The van der Waals surface area contributed by atoms with E-state index >= 15 is 0 Å². The molecule has 1 aliphatic carbocycles. The summed E-state index contributed by atoms with van der Waals surface area (Å²) in [5.74, 6) is 0. The van der Waals surface area contributed by atoms with Gasteiger partial charge in [-0.25, -0.2) is 4.98 Å². The number of aromatic nitrogens is 1. The van der Waals surface area contributed by atoms with E-state index in [0.29, 0.717) is 0 Å². The third-order valence-electron chi connectivity index (χ3n) is 2.50. The van der Waals surface area contributed by atoms with Crippen molar-refractivity contribution in [3.05, 3.63) is 16.1 Å². The summed E-state index contributed by atoms with van der Waals surface area (Å²) in [6, 6.07) is 0.784. The molecule has 0 radical (unpaired) electrons. The van der Waals surface area contributed by atoms with Gasteiger partial charge in [0.05, 0.1) is 11.2 Å². The first-order valence-corrected chi connectivity index (χ1v) is 5.36. The molecule has 1 aliphatic rings. The highest BCUT2D eigenvalue weighted by atomic mass is 32.1. The van der Waals surface area contributed by atoms with Gasteiger partial charge in [-0.2, -0.15) is 0 Å². The van der Waals surface area contributed by atoms with Crippen molar-refractivity contribution in [1.82, 2.24) is 10.3 Å². The Kier molecular flexibility index (Phi) is 2.42. The van der Waals surface area contributed by atoms with Gasteiger partial charge in [0.2, 0.25) is 0 Å². The molecule has 1 aromatic heterocycles. The lowest BCUT2D eigenvalue weighted by Crippen LogP contribution is -2.34. The largest absolute Gasteiger partial charge is 0.309 e. The molecule has 2 nitrogen and oxygen atoms in total. The van der Waals surface area contributed by atoms with Gasteiger partial charge in [-0.05, 0) is 19.8 Å². The molecule has 1 heterocycles. The van der Waals surface area contributed by atoms with Gasteiger partial charge in [0.25, 0.3) is 0 Å². The molecular formula is C9H14N2S. The maximum atomic E-state index is 4.22. The van der Waals surface area contributed by atoms with E-state index in [1.54, 1.807) is 11.3 Å². The van der Waals surface area contributed by atoms with Crippen molar-refractivity contribution in [3.63, 3.8) is 0 Å². The third kappa shape index (κ3) is 1.67. The van der Waals surface area contributed by atoms with E-state index in [-0.39, 0.29) is 0 Å². The Morgan fingerprint density at radius 3 is 3.00 bits per heavy atom. The van der Waals surface area contributed by atoms with Crippen LogP contribution in [-0.2, 0) is 6.54 Å². The van der Waals surface area contributed by atoms with Gasteiger partial charge >= 0.3 is 0 Å². The summed E-state index contributed by atoms with van der Waals surface area (Å²) >= 11 is 1.75. The standard InChI is InChI=1S/C9H14N2S/c1-7-9(12-6-11-7)5-10-8-3-2-4-8/h6,8,10H,2-5H2,1H3. The Balaban J connectivity index is 1.82. The molecule has 0 amide bonds. The first-order valence-electron chi connectivity index (χ1n) is 4.48. The lowest BCUT2D eigenvalue weighted by molar-refractivity contribution is 0.339. The van der Waals surface area contributed by atoms with Crippen molar-refractivity contribution < 1.29 is 0 Å². The van der Waals surface area contributed by atoms with Crippen LogP contribution in [0.2, 0.25) is 0 Å². The summed E-state index contributed by atoms with van der Waals surface area (Å²) in [7, 11) is 0. The molecular weight excluding hydrogens is 168 g/mol.